The lowest BCUT2D eigenvalue weighted by molar-refractivity contribution is -0.145. The Balaban J connectivity index is 1.52. The van der Waals surface area contributed by atoms with Gasteiger partial charge in [-0.3, -0.25) is 23.4 Å². The average molecular weight is 391 g/mol. The quantitative estimate of drug-likeness (QED) is 0.635. The first-order valence-corrected chi connectivity index (χ1v) is 10.1. The van der Waals surface area contributed by atoms with Gasteiger partial charge in [0.05, 0.1) is 5.69 Å². The molecule has 0 aliphatic heterocycles. The van der Waals surface area contributed by atoms with Gasteiger partial charge in [-0.05, 0) is 32.6 Å². The Morgan fingerprint density at radius 2 is 2.12 bits per heavy atom. The van der Waals surface area contributed by atoms with E-state index in [1.54, 1.807) is 16.7 Å². The third-order valence-electron chi connectivity index (χ3n) is 4.46. The molecule has 7 nitrogen and oxygen atoms in total. The Hall–Kier alpha value is -2.26. The van der Waals surface area contributed by atoms with Gasteiger partial charge in [-0.15, -0.1) is 11.3 Å². The van der Waals surface area contributed by atoms with Crippen molar-refractivity contribution in [2.45, 2.75) is 45.8 Å². The maximum absolute atomic E-state index is 12.5. The summed E-state index contributed by atoms with van der Waals surface area (Å²) in [6.07, 6.45) is 4.12. The lowest BCUT2D eigenvalue weighted by Gasteiger charge is -2.10. The summed E-state index contributed by atoms with van der Waals surface area (Å²) in [5.41, 5.74) is 2.09. The molecule has 136 valence electrons. The first-order valence-electron chi connectivity index (χ1n) is 8.36. The average Bonchev–Trinajstić information content (AvgIpc) is 3.14. The number of esters is 1. The number of carbonyl (C=O) groups is 1. The van der Waals surface area contributed by atoms with Crippen LogP contribution in [-0.2, 0) is 35.5 Å². The number of rotatable bonds is 4. The van der Waals surface area contributed by atoms with E-state index in [9.17, 15) is 14.4 Å². The van der Waals surface area contributed by atoms with E-state index >= 15 is 0 Å². The van der Waals surface area contributed by atoms with Gasteiger partial charge in [-0.1, -0.05) is 11.3 Å². The lowest BCUT2D eigenvalue weighted by Crippen LogP contribution is -2.23. The second kappa shape index (κ2) is 6.81. The topological polar surface area (TPSA) is 82.7 Å². The molecule has 1 aliphatic carbocycles. The molecule has 0 atom stereocenters. The molecule has 3 heterocycles. The summed E-state index contributed by atoms with van der Waals surface area (Å²) in [5, 5.41) is 1.70. The van der Waals surface area contributed by atoms with Crippen molar-refractivity contribution < 1.29 is 9.53 Å². The summed E-state index contributed by atoms with van der Waals surface area (Å²) >= 11 is 2.59. The van der Waals surface area contributed by atoms with Crippen molar-refractivity contribution >= 4 is 33.6 Å². The van der Waals surface area contributed by atoms with Crippen LogP contribution >= 0.6 is 22.7 Å². The molecule has 0 saturated carbocycles. The van der Waals surface area contributed by atoms with Crippen LogP contribution in [0.2, 0.25) is 0 Å². The molecular weight excluding hydrogens is 374 g/mol. The minimum absolute atomic E-state index is 0.0783. The van der Waals surface area contributed by atoms with Crippen molar-refractivity contribution in [2.24, 2.45) is 0 Å². The maximum Gasteiger partial charge on any atom is 0.326 e. The van der Waals surface area contributed by atoms with E-state index in [2.05, 4.69) is 4.98 Å². The summed E-state index contributed by atoms with van der Waals surface area (Å²) in [6.45, 7) is 1.55. The second-order valence-electron chi connectivity index (χ2n) is 6.27. The third kappa shape index (κ3) is 3.12. The fourth-order valence-electron chi connectivity index (χ4n) is 3.14. The van der Waals surface area contributed by atoms with Gasteiger partial charge in [-0.2, -0.15) is 0 Å². The molecule has 0 aromatic carbocycles. The number of ether oxygens (including phenoxy) is 1. The van der Waals surface area contributed by atoms with E-state index in [1.165, 1.54) is 26.8 Å². The van der Waals surface area contributed by atoms with E-state index in [1.807, 2.05) is 0 Å². The molecule has 4 rings (SSSR count). The predicted molar refractivity (Wildman–Crippen MR) is 99.1 cm³/mol. The highest BCUT2D eigenvalue weighted by molar-refractivity contribution is 7.17. The van der Waals surface area contributed by atoms with Crippen molar-refractivity contribution in [3.63, 3.8) is 0 Å². The van der Waals surface area contributed by atoms with Crippen LogP contribution in [-0.4, -0.2) is 19.9 Å². The summed E-state index contributed by atoms with van der Waals surface area (Å²) in [5.74, 6) is -0.527. The van der Waals surface area contributed by atoms with Gasteiger partial charge in [0.1, 0.15) is 13.2 Å². The van der Waals surface area contributed by atoms with E-state index in [-0.39, 0.29) is 23.6 Å². The molecule has 0 saturated heterocycles. The normalized spacial score (nSPS) is 13.7. The van der Waals surface area contributed by atoms with Crippen molar-refractivity contribution in [1.82, 2.24) is 14.0 Å². The van der Waals surface area contributed by atoms with Crippen LogP contribution < -0.4 is 10.4 Å². The van der Waals surface area contributed by atoms with Crippen LogP contribution in [0.1, 0.15) is 34.8 Å². The zero-order valence-corrected chi connectivity index (χ0v) is 15.8. The lowest BCUT2D eigenvalue weighted by atomic mass is 10.0. The first kappa shape index (κ1) is 17.2. The molecule has 0 unspecified atom stereocenters. The largest absolute Gasteiger partial charge is 0.458 e. The first-order chi connectivity index (χ1) is 12.5. The van der Waals surface area contributed by atoms with Gasteiger partial charge >= 0.3 is 10.8 Å². The smallest absolute Gasteiger partial charge is 0.326 e. The highest BCUT2D eigenvalue weighted by Crippen LogP contribution is 2.28. The number of aryl methyl sites for hydroxylation is 3. The SMILES string of the molecule is Cc1csc(=O)n1CC(=O)OCc1cc(=O)n2c3c(sc2n1)CCCC3. The van der Waals surface area contributed by atoms with Crippen molar-refractivity contribution in [2.75, 3.05) is 0 Å². The highest BCUT2D eigenvalue weighted by atomic mass is 32.1. The summed E-state index contributed by atoms with van der Waals surface area (Å²) < 4.78 is 8.26. The second-order valence-corrected chi connectivity index (χ2v) is 8.16. The highest BCUT2D eigenvalue weighted by Gasteiger charge is 2.19. The summed E-state index contributed by atoms with van der Waals surface area (Å²) in [4.78, 5) is 42.3. The zero-order chi connectivity index (χ0) is 18.3. The van der Waals surface area contributed by atoms with Gasteiger partial charge in [0.15, 0.2) is 4.96 Å². The zero-order valence-electron chi connectivity index (χ0n) is 14.2. The predicted octanol–water partition coefficient (Wildman–Crippen LogP) is 1.91. The summed E-state index contributed by atoms with van der Waals surface area (Å²) in [7, 11) is 0. The minimum atomic E-state index is -0.527. The Bertz CT molecular complexity index is 1110. The number of thiazole rings is 2. The number of fused-ring (bicyclic) bond motifs is 3. The Morgan fingerprint density at radius 1 is 1.31 bits per heavy atom. The van der Waals surface area contributed by atoms with Crippen LogP contribution in [0.5, 0.6) is 0 Å². The number of hydrogen-bond acceptors (Lipinski definition) is 7. The van der Waals surface area contributed by atoms with Crippen molar-refractivity contribution in [3.05, 3.63) is 53.4 Å². The molecule has 0 spiro atoms. The molecule has 0 fully saturated rings. The minimum Gasteiger partial charge on any atom is -0.458 e. The van der Waals surface area contributed by atoms with Gasteiger partial charge < -0.3 is 4.74 Å². The van der Waals surface area contributed by atoms with Gasteiger partial charge in [-0.25, -0.2) is 4.98 Å². The molecule has 9 heteroatoms. The van der Waals surface area contributed by atoms with Crippen LogP contribution in [0, 0.1) is 6.92 Å². The van der Waals surface area contributed by atoms with Gasteiger partial charge in [0.25, 0.3) is 5.56 Å². The molecule has 3 aromatic rings. The van der Waals surface area contributed by atoms with Crippen molar-refractivity contribution in [3.8, 4) is 0 Å². The van der Waals surface area contributed by atoms with E-state index in [0.717, 1.165) is 48.4 Å². The van der Waals surface area contributed by atoms with Crippen LogP contribution in [0.15, 0.2) is 21.0 Å². The van der Waals surface area contributed by atoms with E-state index < -0.39 is 5.97 Å². The molecule has 1 aliphatic rings. The van der Waals surface area contributed by atoms with Crippen molar-refractivity contribution in [1.29, 1.82) is 0 Å². The van der Waals surface area contributed by atoms with Crippen LogP contribution in [0.25, 0.3) is 4.96 Å². The number of carbonyl (C=O) groups excluding carboxylic acids is 1. The molecule has 26 heavy (non-hydrogen) atoms. The standard InChI is InChI=1S/C17H17N3O4S2/c1-10-9-25-17(23)19(10)7-15(22)24-8-11-6-14(21)20-12-4-2-3-5-13(12)26-16(20)18-11/h6,9H,2-5,7-8H2,1H3. The molecule has 0 bridgehead atoms. The molecular formula is C17H17N3O4S2. The Kier molecular flexibility index (Phi) is 4.49. The van der Waals surface area contributed by atoms with E-state index in [4.69, 9.17) is 4.74 Å². The summed E-state index contributed by atoms with van der Waals surface area (Å²) in [6, 6.07) is 1.42. The monoisotopic (exact) mass is 391 g/mol. The molecule has 3 aromatic heterocycles. The van der Waals surface area contributed by atoms with Gasteiger partial charge in [0, 0.05) is 27.7 Å². The number of nitrogens with zero attached hydrogens (tertiary/aromatic N) is 3. The fraction of sp³-hybridized carbons (Fsp3) is 0.412. The Labute approximate surface area is 156 Å². The number of aromatic nitrogens is 3. The van der Waals surface area contributed by atoms with Gasteiger partial charge in [0.2, 0.25) is 0 Å². The Morgan fingerprint density at radius 3 is 2.88 bits per heavy atom. The molecule has 0 radical (unpaired) electrons. The maximum atomic E-state index is 12.5. The fourth-order valence-corrected chi connectivity index (χ4v) is 5.11. The number of hydrogen-bond donors (Lipinski definition) is 0. The van der Waals surface area contributed by atoms with E-state index in [0.29, 0.717) is 10.7 Å². The molecule has 0 amide bonds. The van der Waals surface area contributed by atoms with Crippen LogP contribution in [0.3, 0.4) is 0 Å². The molecule has 0 N–H and O–H groups in total. The third-order valence-corrected chi connectivity index (χ3v) is 6.48. The van der Waals surface area contributed by atoms with Crippen LogP contribution in [0.4, 0.5) is 0 Å².